The van der Waals surface area contributed by atoms with Gasteiger partial charge in [0.15, 0.2) is 17.2 Å². The monoisotopic (exact) mass is 538 g/mol. The molecule has 2 aliphatic heterocycles. The molecule has 0 aliphatic carbocycles. The molecule has 0 spiro atoms. The van der Waals surface area contributed by atoms with Crippen molar-refractivity contribution in [2.24, 2.45) is 0 Å². The summed E-state index contributed by atoms with van der Waals surface area (Å²) in [6.45, 7) is 5.17. The van der Waals surface area contributed by atoms with Crippen molar-refractivity contribution in [3.05, 3.63) is 82.4 Å². The molecule has 0 fully saturated rings. The summed E-state index contributed by atoms with van der Waals surface area (Å²) in [7, 11) is 0. The maximum absolute atomic E-state index is 13.1. The fraction of sp³-hybridized carbons (Fsp3) is 0.300. The van der Waals surface area contributed by atoms with Gasteiger partial charge in [-0.2, -0.15) is 10.2 Å². The highest BCUT2D eigenvalue weighted by molar-refractivity contribution is 6.06. The van der Waals surface area contributed by atoms with Gasteiger partial charge in [-0.25, -0.2) is 0 Å². The first kappa shape index (κ1) is 25.7. The standard InChI is InChI=1S/C30H30N6O4/c1-17-19(7-3-9-21(17)31-29(39)23-15-25-27(37)11-5-13-35(25)33-23)20-8-4-10-22(18(20)2)32-30(40)24-16-26-28(38)12-6-14-36(26)34-24/h3-4,7-10,15-16,27,37H,5-6,11-14H2,1-2H3,(H,31,39)(H,32,40). The molecule has 10 heteroatoms. The summed E-state index contributed by atoms with van der Waals surface area (Å²) in [5.74, 6) is -0.711. The highest BCUT2D eigenvalue weighted by atomic mass is 16.3. The fourth-order valence-electron chi connectivity index (χ4n) is 5.51. The predicted molar refractivity (Wildman–Crippen MR) is 149 cm³/mol. The third-order valence-corrected chi connectivity index (χ3v) is 7.76. The average molecular weight is 539 g/mol. The van der Waals surface area contributed by atoms with E-state index in [1.165, 1.54) is 0 Å². The van der Waals surface area contributed by atoms with Crippen LogP contribution in [-0.4, -0.2) is 42.3 Å². The van der Waals surface area contributed by atoms with Gasteiger partial charge in [-0.1, -0.05) is 24.3 Å². The van der Waals surface area contributed by atoms with Gasteiger partial charge in [-0.15, -0.1) is 0 Å². The molecule has 2 aliphatic rings. The Labute approximate surface area is 231 Å². The van der Waals surface area contributed by atoms with Crippen molar-refractivity contribution in [1.29, 1.82) is 0 Å². The number of fused-ring (bicyclic) bond motifs is 2. The molecule has 0 saturated heterocycles. The molecular formula is C30H30N6O4. The topological polar surface area (TPSA) is 131 Å². The molecule has 2 amide bonds. The normalized spacial score (nSPS) is 16.3. The number of hydrogen-bond acceptors (Lipinski definition) is 6. The van der Waals surface area contributed by atoms with E-state index >= 15 is 0 Å². The minimum Gasteiger partial charge on any atom is -0.387 e. The van der Waals surface area contributed by atoms with Crippen LogP contribution in [0.15, 0.2) is 48.5 Å². The summed E-state index contributed by atoms with van der Waals surface area (Å²) >= 11 is 0. The molecule has 3 N–H and O–H groups in total. The second kappa shape index (κ2) is 10.2. The summed E-state index contributed by atoms with van der Waals surface area (Å²) in [4.78, 5) is 38.3. The SMILES string of the molecule is Cc1c(NC(=O)c2cc3n(n2)CCCC3=O)cccc1-c1cccc(NC(=O)c2cc3n(n2)CCCC3O)c1C. The lowest BCUT2D eigenvalue weighted by Crippen LogP contribution is -2.17. The van der Waals surface area contributed by atoms with E-state index < -0.39 is 6.10 Å². The zero-order valence-electron chi connectivity index (χ0n) is 22.4. The first-order valence-electron chi connectivity index (χ1n) is 13.5. The van der Waals surface area contributed by atoms with E-state index in [1.54, 1.807) is 21.5 Å². The van der Waals surface area contributed by atoms with Gasteiger partial charge in [0.25, 0.3) is 11.8 Å². The summed E-state index contributed by atoms with van der Waals surface area (Å²) in [6, 6.07) is 14.6. The Morgan fingerprint density at radius 2 is 1.43 bits per heavy atom. The Hall–Kier alpha value is -4.57. The van der Waals surface area contributed by atoms with E-state index in [1.807, 2.05) is 50.2 Å². The minimum atomic E-state index is -0.606. The first-order valence-corrected chi connectivity index (χ1v) is 13.5. The summed E-state index contributed by atoms with van der Waals surface area (Å²) in [5, 5.41) is 24.9. The summed E-state index contributed by atoms with van der Waals surface area (Å²) in [5.41, 5.74) is 6.45. The van der Waals surface area contributed by atoms with Crippen LogP contribution in [0.1, 0.15) is 80.1 Å². The van der Waals surface area contributed by atoms with E-state index in [2.05, 4.69) is 20.8 Å². The van der Waals surface area contributed by atoms with Crippen molar-refractivity contribution < 1.29 is 19.5 Å². The van der Waals surface area contributed by atoms with Crippen molar-refractivity contribution >= 4 is 29.0 Å². The molecular weight excluding hydrogens is 508 g/mol. The van der Waals surface area contributed by atoms with E-state index in [9.17, 15) is 19.5 Å². The third kappa shape index (κ3) is 4.60. The summed E-state index contributed by atoms with van der Waals surface area (Å²) in [6.07, 6.45) is 2.07. The van der Waals surface area contributed by atoms with Crippen molar-refractivity contribution in [1.82, 2.24) is 19.6 Å². The number of carbonyl (C=O) groups excluding carboxylic acids is 3. The number of carbonyl (C=O) groups is 3. The van der Waals surface area contributed by atoms with Crippen molar-refractivity contribution in [3.8, 4) is 11.1 Å². The Morgan fingerprint density at radius 3 is 2.02 bits per heavy atom. The highest BCUT2D eigenvalue weighted by Crippen LogP contribution is 2.34. The van der Waals surface area contributed by atoms with E-state index in [-0.39, 0.29) is 29.0 Å². The molecule has 0 radical (unpaired) electrons. The van der Waals surface area contributed by atoms with Gasteiger partial charge in [0.1, 0.15) is 5.69 Å². The van der Waals surface area contributed by atoms with Gasteiger partial charge in [0.2, 0.25) is 0 Å². The largest absolute Gasteiger partial charge is 0.387 e. The van der Waals surface area contributed by atoms with Crippen LogP contribution in [0.25, 0.3) is 11.1 Å². The second-order valence-corrected chi connectivity index (χ2v) is 10.4. The molecule has 2 aromatic carbocycles. The number of aromatic nitrogens is 4. The first-order chi connectivity index (χ1) is 19.3. The minimum absolute atomic E-state index is 0.00327. The van der Waals surface area contributed by atoms with E-state index in [0.717, 1.165) is 35.1 Å². The number of anilines is 2. The average Bonchev–Trinajstić information content (AvgIpc) is 3.58. The van der Waals surface area contributed by atoms with Crippen LogP contribution in [0.5, 0.6) is 0 Å². The van der Waals surface area contributed by atoms with Gasteiger partial charge in [0, 0.05) is 37.0 Å². The van der Waals surface area contributed by atoms with Gasteiger partial charge in [0.05, 0.1) is 11.8 Å². The number of hydrogen-bond donors (Lipinski definition) is 3. The Balaban J connectivity index is 1.24. The number of rotatable bonds is 5. The van der Waals surface area contributed by atoms with Crippen molar-refractivity contribution in [2.45, 2.75) is 58.7 Å². The van der Waals surface area contributed by atoms with Crippen molar-refractivity contribution in [3.63, 3.8) is 0 Å². The smallest absolute Gasteiger partial charge is 0.276 e. The number of nitrogens with one attached hydrogen (secondary N) is 2. The number of benzene rings is 2. The molecule has 2 aromatic heterocycles. The van der Waals surface area contributed by atoms with Crippen LogP contribution in [0.4, 0.5) is 11.4 Å². The zero-order valence-corrected chi connectivity index (χ0v) is 22.4. The lowest BCUT2D eigenvalue weighted by molar-refractivity contribution is 0.0949. The van der Waals surface area contributed by atoms with Gasteiger partial charge in [-0.3, -0.25) is 23.7 Å². The number of ketones is 1. The predicted octanol–water partition coefficient (Wildman–Crippen LogP) is 4.67. The van der Waals surface area contributed by atoms with Crippen LogP contribution in [0.3, 0.4) is 0 Å². The van der Waals surface area contributed by atoms with E-state index in [4.69, 9.17) is 0 Å². The zero-order chi connectivity index (χ0) is 28.0. The van der Waals surface area contributed by atoms with Gasteiger partial charge in [-0.05, 0) is 73.6 Å². The number of aliphatic hydroxyl groups excluding tert-OH is 1. The molecule has 204 valence electrons. The third-order valence-electron chi connectivity index (χ3n) is 7.76. The lowest BCUT2D eigenvalue weighted by Gasteiger charge is -2.18. The maximum atomic E-state index is 13.1. The van der Waals surface area contributed by atoms with Gasteiger partial charge < -0.3 is 15.7 Å². The molecule has 1 atom stereocenters. The molecule has 4 aromatic rings. The Kier molecular flexibility index (Phi) is 6.55. The van der Waals surface area contributed by atoms with Gasteiger partial charge >= 0.3 is 0 Å². The maximum Gasteiger partial charge on any atom is 0.276 e. The molecule has 1 unspecified atom stereocenters. The molecule has 6 rings (SSSR count). The molecule has 4 heterocycles. The molecule has 0 saturated carbocycles. The van der Waals surface area contributed by atoms with Crippen LogP contribution in [0.2, 0.25) is 0 Å². The number of aliphatic hydroxyl groups is 1. The van der Waals surface area contributed by atoms with Crippen LogP contribution in [0, 0.1) is 13.8 Å². The second-order valence-electron chi connectivity index (χ2n) is 10.4. The number of Topliss-reactive ketones (excluding diaryl/α,β-unsaturated/α-hetero) is 1. The quantitative estimate of drug-likeness (QED) is 0.338. The Bertz CT molecular complexity index is 1670. The number of aryl methyl sites for hydroxylation is 2. The Morgan fingerprint density at radius 1 is 0.850 bits per heavy atom. The molecule has 40 heavy (non-hydrogen) atoms. The summed E-state index contributed by atoms with van der Waals surface area (Å²) < 4.78 is 3.31. The molecule has 10 nitrogen and oxygen atoms in total. The number of nitrogens with zero attached hydrogens (tertiary/aromatic N) is 4. The lowest BCUT2D eigenvalue weighted by atomic mass is 9.94. The van der Waals surface area contributed by atoms with Crippen molar-refractivity contribution in [2.75, 3.05) is 10.6 Å². The van der Waals surface area contributed by atoms with Crippen LogP contribution >= 0.6 is 0 Å². The molecule has 0 bridgehead atoms. The van der Waals surface area contributed by atoms with Crippen LogP contribution in [-0.2, 0) is 13.1 Å². The fourth-order valence-corrected chi connectivity index (χ4v) is 5.51. The number of amides is 2. The van der Waals surface area contributed by atoms with Crippen LogP contribution < -0.4 is 10.6 Å². The highest BCUT2D eigenvalue weighted by Gasteiger charge is 2.24. The van der Waals surface area contributed by atoms with E-state index in [0.29, 0.717) is 48.7 Å².